The summed E-state index contributed by atoms with van der Waals surface area (Å²) in [4.78, 5) is -0.000141. The number of fused-ring (bicyclic) bond motifs is 1. The van der Waals surface area contributed by atoms with Crippen molar-refractivity contribution in [2.75, 3.05) is 18.9 Å². The van der Waals surface area contributed by atoms with Crippen molar-refractivity contribution in [2.45, 2.75) is 4.90 Å². The highest BCUT2D eigenvalue weighted by Crippen LogP contribution is 2.31. The summed E-state index contributed by atoms with van der Waals surface area (Å²) in [5.74, 6) is 0.658. The molecular formula is C15H15N3O4S. The molecule has 0 saturated carbocycles. The Hall–Kier alpha value is -2.74. The van der Waals surface area contributed by atoms with Gasteiger partial charge in [0.15, 0.2) is 0 Å². The third kappa shape index (κ3) is 2.80. The van der Waals surface area contributed by atoms with Crippen LogP contribution < -0.4 is 14.2 Å². The number of ether oxygens (including phenoxy) is 2. The maximum atomic E-state index is 12.7. The van der Waals surface area contributed by atoms with Crippen LogP contribution in [-0.4, -0.2) is 32.8 Å². The summed E-state index contributed by atoms with van der Waals surface area (Å²) in [6.07, 6.45) is 1.57. The standard InChI is InChI=1S/C15H15N3O4S/c1-21-10-6-7-14(22-2)15(8-10)23(19,20)18-13-5-3-4-12-11(13)9-16-17-12/h3-9,18H,1-2H3,(H,16,17). The van der Waals surface area contributed by atoms with Gasteiger partial charge in [0.25, 0.3) is 10.0 Å². The minimum absolute atomic E-state index is 0.000141. The van der Waals surface area contributed by atoms with E-state index in [9.17, 15) is 8.42 Å². The zero-order valence-electron chi connectivity index (χ0n) is 12.5. The van der Waals surface area contributed by atoms with Gasteiger partial charge < -0.3 is 9.47 Å². The van der Waals surface area contributed by atoms with Crippen LogP contribution in [0.15, 0.2) is 47.5 Å². The van der Waals surface area contributed by atoms with Gasteiger partial charge in [-0.15, -0.1) is 0 Å². The van der Waals surface area contributed by atoms with Gasteiger partial charge in [0.05, 0.1) is 31.6 Å². The predicted molar refractivity (Wildman–Crippen MR) is 86.4 cm³/mol. The summed E-state index contributed by atoms with van der Waals surface area (Å²) < 4.78 is 38.3. The second-order valence-corrected chi connectivity index (χ2v) is 6.41. The summed E-state index contributed by atoms with van der Waals surface area (Å²) >= 11 is 0. The van der Waals surface area contributed by atoms with Gasteiger partial charge in [0.2, 0.25) is 0 Å². The molecule has 0 spiro atoms. The smallest absolute Gasteiger partial charge is 0.265 e. The molecule has 0 unspecified atom stereocenters. The average Bonchev–Trinajstić information content (AvgIpc) is 3.03. The van der Waals surface area contributed by atoms with E-state index in [0.717, 1.165) is 5.52 Å². The number of nitrogens with one attached hydrogen (secondary N) is 2. The largest absolute Gasteiger partial charge is 0.497 e. The zero-order valence-corrected chi connectivity index (χ0v) is 13.3. The highest BCUT2D eigenvalue weighted by atomic mass is 32.2. The third-order valence-electron chi connectivity index (χ3n) is 3.39. The molecule has 1 aromatic heterocycles. The molecule has 7 nitrogen and oxygen atoms in total. The molecule has 0 atom stereocenters. The molecule has 0 bridgehead atoms. The number of sulfonamides is 1. The molecule has 23 heavy (non-hydrogen) atoms. The molecule has 0 saturated heterocycles. The van der Waals surface area contributed by atoms with E-state index in [-0.39, 0.29) is 10.6 Å². The summed E-state index contributed by atoms with van der Waals surface area (Å²) in [7, 11) is -0.970. The Labute approximate surface area is 133 Å². The van der Waals surface area contributed by atoms with Crippen LogP contribution in [-0.2, 0) is 10.0 Å². The molecule has 8 heteroatoms. The lowest BCUT2D eigenvalue weighted by atomic mass is 10.2. The zero-order chi connectivity index (χ0) is 16.4. The highest BCUT2D eigenvalue weighted by Gasteiger charge is 2.21. The number of aromatic nitrogens is 2. The SMILES string of the molecule is COc1ccc(OC)c(S(=O)(=O)Nc2cccc3[nH]ncc23)c1. The van der Waals surface area contributed by atoms with E-state index in [4.69, 9.17) is 9.47 Å². The number of anilines is 1. The molecule has 0 amide bonds. The van der Waals surface area contributed by atoms with E-state index in [2.05, 4.69) is 14.9 Å². The molecule has 120 valence electrons. The fraction of sp³-hybridized carbons (Fsp3) is 0.133. The van der Waals surface area contributed by atoms with Crippen molar-refractivity contribution in [3.05, 3.63) is 42.6 Å². The van der Waals surface area contributed by atoms with Crippen molar-refractivity contribution in [3.63, 3.8) is 0 Å². The van der Waals surface area contributed by atoms with Gasteiger partial charge in [-0.25, -0.2) is 8.42 Å². The Morgan fingerprint density at radius 3 is 2.70 bits per heavy atom. The van der Waals surface area contributed by atoms with Crippen molar-refractivity contribution in [1.29, 1.82) is 0 Å². The van der Waals surface area contributed by atoms with Gasteiger partial charge in [-0.05, 0) is 24.3 Å². The molecule has 0 aliphatic rings. The second-order valence-electron chi connectivity index (χ2n) is 4.76. The number of aromatic amines is 1. The van der Waals surface area contributed by atoms with Gasteiger partial charge in [-0.1, -0.05) is 6.07 Å². The lowest BCUT2D eigenvalue weighted by molar-refractivity contribution is 0.392. The number of nitrogens with zero attached hydrogens (tertiary/aromatic N) is 1. The van der Waals surface area contributed by atoms with Crippen LogP contribution in [0.1, 0.15) is 0 Å². The van der Waals surface area contributed by atoms with Crippen LogP contribution in [0.3, 0.4) is 0 Å². The molecule has 3 aromatic rings. The fourth-order valence-electron chi connectivity index (χ4n) is 2.25. The van der Waals surface area contributed by atoms with Crippen molar-refractivity contribution in [3.8, 4) is 11.5 Å². The normalized spacial score (nSPS) is 11.4. The Morgan fingerprint density at radius 2 is 1.96 bits per heavy atom. The number of hydrogen-bond donors (Lipinski definition) is 2. The van der Waals surface area contributed by atoms with Gasteiger partial charge >= 0.3 is 0 Å². The number of hydrogen-bond acceptors (Lipinski definition) is 5. The van der Waals surface area contributed by atoms with Crippen LogP contribution >= 0.6 is 0 Å². The van der Waals surface area contributed by atoms with E-state index in [1.54, 1.807) is 30.5 Å². The first-order valence-corrected chi connectivity index (χ1v) is 8.20. The molecule has 3 rings (SSSR count). The van der Waals surface area contributed by atoms with Gasteiger partial charge in [0.1, 0.15) is 16.4 Å². The van der Waals surface area contributed by atoms with Crippen molar-refractivity contribution < 1.29 is 17.9 Å². The number of H-pyrrole nitrogens is 1. The second kappa shape index (κ2) is 5.81. The molecular weight excluding hydrogens is 318 g/mol. The average molecular weight is 333 g/mol. The Kier molecular flexibility index (Phi) is 3.83. The van der Waals surface area contributed by atoms with Crippen LogP contribution in [0.25, 0.3) is 10.9 Å². The monoisotopic (exact) mass is 333 g/mol. The van der Waals surface area contributed by atoms with Gasteiger partial charge in [-0.2, -0.15) is 5.10 Å². The number of methoxy groups -OCH3 is 2. The summed E-state index contributed by atoms with van der Waals surface area (Å²) in [5.41, 5.74) is 1.17. The van der Waals surface area contributed by atoms with Crippen LogP contribution in [0, 0.1) is 0 Å². The van der Waals surface area contributed by atoms with E-state index < -0.39 is 10.0 Å². The predicted octanol–water partition coefficient (Wildman–Crippen LogP) is 2.38. The van der Waals surface area contributed by atoms with Gasteiger partial charge in [0, 0.05) is 11.5 Å². The van der Waals surface area contributed by atoms with E-state index in [1.165, 1.54) is 20.3 Å². The minimum atomic E-state index is -3.85. The van der Waals surface area contributed by atoms with Crippen molar-refractivity contribution in [2.24, 2.45) is 0 Å². The first-order valence-electron chi connectivity index (χ1n) is 6.72. The number of rotatable bonds is 5. The van der Waals surface area contributed by atoms with Gasteiger partial charge in [-0.3, -0.25) is 9.82 Å². The molecule has 0 fully saturated rings. The molecule has 1 heterocycles. The summed E-state index contributed by atoms with van der Waals surface area (Å²) in [6.45, 7) is 0. The quantitative estimate of drug-likeness (QED) is 0.748. The first-order chi connectivity index (χ1) is 11.0. The molecule has 2 aromatic carbocycles. The third-order valence-corrected chi connectivity index (χ3v) is 4.78. The minimum Gasteiger partial charge on any atom is -0.497 e. The topological polar surface area (TPSA) is 93.3 Å². The van der Waals surface area contributed by atoms with E-state index in [0.29, 0.717) is 16.8 Å². The van der Waals surface area contributed by atoms with E-state index in [1.807, 2.05) is 6.07 Å². The molecule has 0 radical (unpaired) electrons. The lowest BCUT2D eigenvalue weighted by Crippen LogP contribution is -2.14. The lowest BCUT2D eigenvalue weighted by Gasteiger charge is -2.13. The Morgan fingerprint density at radius 1 is 1.13 bits per heavy atom. The molecule has 2 N–H and O–H groups in total. The molecule has 0 aliphatic heterocycles. The summed E-state index contributed by atoms with van der Waals surface area (Å²) in [6, 6.07) is 9.81. The summed E-state index contributed by atoms with van der Waals surface area (Å²) in [5, 5.41) is 7.40. The van der Waals surface area contributed by atoms with Crippen molar-refractivity contribution in [1.82, 2.24) is 10.2 Å². The maximum absolute atomic E-state index is 12.7. The Bertz CT molecular complexity index is 950. The Balaban J connectivity index is 2.07. The highest BCUT2D eigenvalue weighted by molar-refractivity contribution is 7.92. The first kappa shape index (κ1) is 15.2. The van der Waals surface area contributed by atoms with Crippen molar-refractivity contribution >= 4 is 26.6 Å². The van der Waals surface area contributed by atoms with Crippen LogP contribution in [0.5, 0.6) is 11.5 Å². The van der Waals surface area contributed by atoms with Crippen LogP contribution in [0.4, 0.5) is 5.69 Å². The maximum Gasteiger partial charge on any atom is 0.265 e. The van der Waals surface area contributed by atoms with Crippen LogP contribution in [0.2, 0.25) is 0 Å². The van der Waals surface area contributed by atoms with E-state index >= 15 is 0 Å². The molecule has 0 aliphatic carbocycles. The fourth-order valence-corrected chi connectivity index (χ4v) is 3.52. The number of benzene rings is 2.